The van der Waals surface area contributed by atoms with E-state index in [0.29, 0.717) is 37.1 Å². The molecule has 2 aromatic rings. The number of hydrogen-bond acceptors (Lipinski definition) is 2. The Hall–Kier alpha value is -2.24. The van der Waals surface area contributed by atoms with E-state index < -0.39 is 11.6 Å². The van der Waals surface area contributed by atoms with Gasteiger partial charge in [0.25, 0.3) is 0 Å². The molecule has 1 saturated heterocycles. The summed E-state index contributed by atoms with van der Waals surface area (Å²) in [5, 5.41) is 6.40. The standard InChI is InChI=1S/C15H15F2N3O/c16-13-5-11(12-7-18-19-8-12)6-14(17)15(13)10-1-3-20(9-21)4-2-10/h5-10H,1-4H2,(H,18,19). The summed E-state index contributed by atoms with van der Waals surface area (Å²) in [5.41, 5.74) is 1.25. The lowest BCUT2D eigenvalue weighted by molar-refractivity contribution is -0.119. The molecule has 0 bridgehead atoms. The zero-order chi connectivity index (χ0) is 14.8. The monoisotopic (exact) mass is 291 g/mol. The Kier molecular flexibility index (Phi) is 3.68. The second-order valence-electron chi connectivity index (χ2n) is 5.26. The number of benzene rings is 1. The number of rotatable bonds is 3. The molecule has 1 aliphatic rings. The molecule has 1 fully saturated rings. The molecule has 110 valence electrons. The molecule has 0 atom stereocenters. The van der Waals surface area contributed by atoms with Crippen molar-refractivity contribution in [2.24, 2.45) is 0 Å². The zero-order valence-electron chi connectivity index (χ0n) is 11.4. The molecule has 0 spiro atoms. The van der Waals surface area contributed by atoms with Gasteiger partial charge in [-0.05, 0) is 36.5 Å². The van der Waals surface area contributed by atoms with Gasteiger partial charge in [0, 0.05) is 30.4 Å². The van der Waals surface area contributed by atoms with E-state index in [1.165, 1.54) is 18.3 Å². The van der Waals surface area contributed by atoms with Crippen molar-refractivity contribution in [2.45, 2.75) is 18.8 Å². The fraction of sp³-hybridized carbons (Fsp3) is 0.333. The molecule has 6 heteroatoms. The number of halogens is 2. The largest absolute Gasteiger partial charge is 0.345 e. The molecule has 2 heterocycles. The van der Waals surface area contributed by atoms with Crippen molar-refractivity contribution in [3.63, 3.8) is 0 Å². The molecule has 4 nitrogen and oxygen atoms in total. The van der Waals surface area contributed by atoms with Crippen molar-refractivity contribution in [2.75, 3.05) is 13.1 Å². The number of aromatic nitrogens is 2. The van der Waals surface area contributed by atoms with Gasteiger partial charge in [-0.25, -0.2) is 8.78 Å². The molecule has 0 saturated carbocycles. The minimum Gasteiger partial charge on any atom is -0.345 e. The van der Waals surface area contributed by atoms with Crippen LogP contribution in [-0.2, 0) is 4.79 Å². The van der Waals surface area contributed by atoms with Gasteiger partial charge in [-0.1, -0.05) is 0 Å². The van der Waals surface area contributed by atoms with E-state index in [1.807, 2.05) is 0 Å². The zero-order valence-corrected chi connectivity index (χ0v) is 11.4. The maximum atomic E-state index is 14.3. The summed E-state index contributed by atoms with van der Waals surface area (Å²) in [6.45, 7) is 1.08. The van der Waals surface area contributed by atoms with Crippen LogP contribution in [0.1, 0.15) is 24.3 Å². The van der Waals surface area contributed by atoms with Crippen molar-refractivity contribution < 1.29 is 13.6 Å². The van der Waals surface area contributed by atoms with Gasteiger partial charge >= 0.3 is 0 Å². The first kappa shape index (κ1) is 13.7. The van der Waals surface area contributed by atoms with Crippen molar-refractivity contribution in [1.82, 2.24) is 15.1 Å². The molecule has 1 amide bonds. The van der Waals surface area contributed by atoms with Gasteiger partial charge in [0.1, 0.15) is 11.6 Å². The van der Waals surface area contributed by atoms with Gasteiger partial charge in [-0.3, -0.25) is 9.89 Å². The average Bonchev–Trinajstić information content (AvgIpc) is 3.01. The number of hydrogen-bond donors (Lipinski definition) is 1. The van der Waals surface area contributed by atoms with Crippen LogP contribution < -0.4 is 0 Å². The minimum absolute atomic E-state index is 0.132. The molecule has 1 aromatic carbocycles. The third-order valence-corrected chi connectivity index (χ3v) is 4.00. The number of amides is 1. The van der Waals surface area contributed by atoms with Gasteiger partial charge in [-0.15, -0.1) is 0 Å². The molecule has 0 unspecified atom stereocenters. The van der Waals surface area contributed by atoms with E-state index >= 15 is 0 Å². The summed E-state index contributed by atoms with van der Waals surface area (Å²) in [4.78, 5) is 12.3. The lowest BCUT2D eigenvalue weighted by Crippen LogP contribution is -2.32. The second-order valence-corrected chi connectivity index (χ2v) is 5.26. The van der Waals surface area contributed by atoms with Gasteiger partial charge in [0.2, 0.25) is 6.41 Å². The molecular formula is C15H15F2N3O. The van der Waals surface area contributed by atoms with E-state index in [0.717, 1.165) is 6.41 Å². The summed E-state index contributed by atoms with van der Waals surface area (Å²) < 4.78 is 28.6. The number of aromatic amines is 1. The summed E-state index contributed by atoms with van der Waals surface area (Å²) in [7, 11) is 0. The van der Waals surface area contributed by atoms with Crippen molar-refractivity contribution >= 4 is 6.41 Å². The number of likely N-dealkylation sites (tertiary alicyclic amines) is 1. The van der Waals surface area contributed by atoms with Gasteiger partial charge in [0.15, 0.2) is 0 Å². The van der Waals surface area contributed by atoms with Crippen LogP contribution in [-0.4, -0.2) is 34.6 Å². The first-order chi connectivity index (χ1) is 10.2. The average molecular weight is 291 g/mol. The minimum atomic E-state index is -0.532. The van der Waals surface area contributed by atoms with Gasteiger partial charge < -0.3 is 4.90 Å². The number of carbonyl (C=O) groups is 1. The van der Waals surface area contributed by atoms with Gasteiger partial charge in [0.05, 0.1) is 6.20 Å². The highest BCUT2D eigenvalue weighted by Crippen LogP contribution is 2.33. The van der Waals surface area contributed by atoms with Gasteiger partial charge in [-0.2, -0.15) is 5.10 Å². The van der Waals surface area contributed by atoms with Crippen molar-refractivity contribution in [3.8, 4) is 11.1 Å². The molecule has 1 N–H and O–H groups in total. The van der Waals surface area contributed by atoms with Crippen LogP contribution in [0.15, 0.2) is 24.5 Å². The smallest absolute Gasteiger partial charge is 0.209 e. The van der Waals surface area contributed by atoms with E-state index in [1.54, 1.807) is 11.1 Å². The van der Waals surface area contributed by atoms with Crippen LogP contribution in [0, 0.1) is 11.6 Å². The fourth-order valence-electron chi connectivity index (χ4n) is 2.84. The van der Waals surface area contributed by atoms with E-state index in [9.17, 15) is 13.6 Å². The fourth-order valence-corrected chi connectivity index (χ4v) is 2.84. The second kappa shape index (κ2) is 5.63. The highest BCUT2D eigenvalue weighted by atomic mass is 19.1. The molecule has 21 heavy (non-hydrogen) atoms. The normalized spacial score (nSPS) is 16.2. The Balaban J connectivity index is 1.88. The first-order valence-corrected chi connectivity index (χ1v) is 6.86. The van der Waals surface area contributed by atoms with Crippen LogP contribution in [0.3, 0.4) is 0 Å². The summed E-state index contributed by atoms with van der Waals surface area (Å²) >= 11 is 0. The van der Waals surface area contributed by atoms with Crippen LogP contribution in [0.4, 0.5) is 8.78 Å². The molecule has 1 aliphatic heterocycles. The Morgan fingerprint density at radius 1 is 1.19 bits per heavy atom. The van der Waals surface area contributed by atoms with E-state index in [4.69, 9.17) is 0 Å². The molecule has 0 radical (unpaired) electrons. The van der Waals surface area contributed by atoms with E-state index in [-0.39, 0.29) is 11.5 Å². The maximum absolute atomic E-state index is 14.3. The lowest BCUT2D eigenvalue weighted by Gasteiger charge is -2.29. The van der Waals surface area contributed by atoms with E-state index in [2.05, 4.69) is 10.2 Å². The van der Waals surface area contributed by atoms with Crippen molar-refractivity contribution in [3.05, 3.63) is 41.7 Å². The predicted octanol–water partition coefficient (Wildman–Crippen LogP) is 2.69. The van der Waals surface area contributed by atoms with Crippen LogP contribution >= 0.6 is 0 Å². The molecule has 1 aromatic heterocycles. The quantitative estimate of drug-likeness (QED) is 0.884. The maximum Gasteiger partial charge on any atom is 0.209 e. The Bertz CT molecular complexity index is 611. The Labute approximate surface area is 120 Å². The third kappa shape index (κ3) is 2.66. The SMILES string of the molecule is O=CN1CCC(c2c(F)cc(-c3cn[nH]c3)cc2F)CC1. The molecule has 3 rings (SSSR count). The topological polar surface area (TPSA) is 49.0 Å². The summed E-state index contributed by atoms with van der Waals surface area (Å²) in [6, 6.07) is 2.69. The van der Waals surface area contributed by atoms with Crippen LogP contribution in [0.5, 0.6) is 0 Å². The number of piperidine rings is 1. The molecular weight excluding hydrogens is 276 g/mol. The predicted molar refractivity (Wildman–Crippen MR) is 73.6 cm³/mol. The number of nitrogens with one attached hydrogen (secondary N) is 1. The molecule has 0 aliphatic carbocycles. The highest BCUT2D eigenvalue weighted by Gasteiger charge is 2.25. The first-order valence-electron chi connectivity index (χ1n) is 6.86. The highest BCUT2D eigenvalue weighted by molar-refractivity contribution is 5.62. The summed E-state index contributed by atoms with van der Waals surface area (Å²) in [6.07, 6.45) is 5.06. The Morgan fingerprint density at radius 3 is 2.38 bits per heavy atom. The van der Waals surface area contributed by atoms with Crippen molar-refractivity contribution in [1.29, 1.82) is 0 Å². The Morgan fingerprint density at radius 2 is 1.86 bits per heavy atom. The third-order valence-electron chi connectivity index (χ3n) is 4.00. The summed E-state index contributed by atoms with van der Waals surface area (Å²) in [5.74, 6) is -1.24. The lowest BCUT2D eigenvalue weighted by atomic mass is 9.88. The van der Waals surface area contributed by atoms with Crippen LogP contribution in [0.2, 0.25) is 0 Å². The number of nitrogens with zero attached hydrogens (tertiary/aromatic N) is 2. The number of H-pyrrole nitrogens is 1. The number of carbonyl (C=O) groups excluding carboxylic acids is 1. The van der Waals surface area contributed by atoms with Crippen LogP contribution in [0.25, 0.3) is 11.1 Å².